The van der Waals surface area contributed by atoms with Crippen LogP contribution in [-0.4, -0.2) is 17.9 Å². The summed E-state index contributed by atoms with van der Waals surface area (Å²) in [5.41, 5.74) is 3.79. The number of ketones is 1. The lowest BCUT2D eigenvalue weighted by molar-refractivity contribution is 0.0972. The molecule has 0 bridgehead atoms. The number of phenols is 1. The van der Waals surface area contributed by atoms with Crippen LogP contribution >= 0.6 is 0 Å². The third-order valence-corrected chi connectivity index (χ3v) is 4.13. The second kappa shape index (κ2) is 5.60. The number of phenolic OH excluding ortho intramolecular Hbond substituents is 1. The normalized spacial score (nSPS) is 13.9. The predicted molar refractivity (Wildman–Crippen MR) is 83.9 cm³/mol. The molecular formula is C18H19NO2. The van der Waals surface area contributed by atoms with Crippen LogP contribution < -0.4 is 4.90 Å². The molecule has 0 amide bonds. The average Bonchev–Trinajstić information content (AvgIpc) is 2.51. The van der Waals surface area contributed by atoms with Crippen LogP contribution in [0.4, 0.5) is 5.69 Å². The molecule has 2 aromatic carbocycles. The molecule has 0 heterocycles. The van der Waals surface area contributed by atoms with Crippen molar-refractivity contribution in [2.75, 3.05) is 11.9 Å². The van der Waals surface area contributed by atoms with Crippen LogP contribution in [0.15, 0.2) is 42.5 Å². The molecule has 0 fully saturated rings. The van der Waals surface area contributed by atoms with Crippen LogP contribution in [-0.2, 0) is 13.0 Å². The van der Waals surface area contributed by atoms with Crippen molar-refractivity contribution in [2.45, 2.75) is 25.8 Å². The molecule has 0 spiro atoms. The molecular weight excluding hydrogens is 262 g/mol. The first-order valence-electron chi connectivity index (χ1n) is 7.30. The fourth-order valence-electron chi connectivity index (χ4n) is 2.98. The second-order valence-electron chi connectivity index (χ2n) is 5.56. The van der Waals surface area contributed by atoms with Crippen LogP contribution in [0.3, 0.4) is 0 Å². The van der Waals surface area contributed by atoms with E-state index in [-0.39, 0.29) is 11.5 Å². The number of fused-ring (bicyclic) bond motifs is 1. The first-order valence-corrected chi connectivity index (χ1v) is 7.30. The zero-order valence-electron chi connectivity index (χ0n) is 12.2. The van der Waals surface area contributed by atoms with Gasteiger partial charge < -0.3 is 10.0 Å². The maximum atomic E-state index is 12.0. The number of aromatic hydroxyl groups is 1. The van der Waals surface area contributed by atoms with Crippen molar-refractivity contribution >= 4 is 11.5 Å². The van der Waals surface area contributed by atoms with E-state index < -0.39 is 0 Å². The van der Waals surface area contributed by atoms with E-state index in [2.05, 4.69) is 4.90 Å². The van der Waals surface area contributed by atoms with Crippen molar-refractivity contribution in [1.82, 2.24) is 0 Å². The van der Waals surface area contributed by atoms with Crippen molar-refractivity contribution in [3.8, 4) is 5.75 Å². The molecule has 1 N–H and O–H groups in total. The average molecular weight is 281 g/mol. The van der Waals surface area contributed by atoms with E-state index in [1.165, 1.54) is 0 Å². The number of Topliss-reactive ketones (excluding diaryl/α,β-unsaturated/α-hetero) is 1. The molecule has 0 saturated carbocycles. The summed E-state index contributed by atoms with van der Waals surface area (Å²) in [5, 5.41) is 10.2. The fourth-order valence-corrected chi connectivity index (χ4v) is 2.98. The summed E-state index contributed by atoms with van der Waals surface area (Å²) in [6.07, 6.45) is 2.36. The highest BCUT2D eigenvalue weighted by atomic mass is 16.3. The van der Waals surface area contributed by atoms with Gasteiger partial charge in [0, 0.05) is 36.8 Å². The van der Waals surface area contributed by atoms with Gasteiger partial charge in [0.25, 0.3) is 0 Å². The first-order chi connectivity index (χ1) is 10.2. The zero-order valence-corrected chi connectivity index (χ0v) is 12.2. The van der Waals surface area contributed by atoms with Crippen molar-refractivity contribution < 1.29 is 9.90 Å². The smallest absolute Gasteiger partial charge is 0.163 e. The minimum atomic E-state index is 0.194. The van der Waals surface area contributed by atoms with E-state index in [1.54, 1.807) is 12.1 Å². The topological polar surface area (TPSA) is 40.5 Å². The van der Waals surface area contributed by atoms with Gasteiger partial charge >= 0.3 is 0 Å². The molecule has 0 atom stereocenters. The highest BCUT2D eigenvalue weighted by molar-refractivity contribution is 5.99. The fraction of sp³-hybridized carbons (Fsp3) is 0.278. The molecule has 1 aliphatic carbocycles. The summed E-state index contributed by atoms with van der Waals surface area (Å²) >= 11 is 0. The van der Waals surface area contributed by atoms with Crippen LogP contribution in [0, 0.1) is 0 Å². The molecule has 0 saturated heterocycles. The Balaban J connectivity index is 1.95. The Morgan fingerprint density at radius 2 is 1.86 bits per heavy atom. The van der Waals surface area contributed by atoms with Gasteiger partial charge in [-0.05, 0) is 42.7 Å². The third-order valence-electron chi connectivity index (χ3n) is 4.13. The Morgan fingerprint density at radius 3 is 2.62 bits per heavy atom. The van der Waals surface area contributed by atoms with E-state index in [1.807, 2.05) is 37.4 Å². The summed E-state index contributed by atoms with van der Waals surface area (Å²) in [5.74, 6) is 0.478. The number of hydrogen-bond donors (Lipinski definition) is 1. The lowest BCUT2D eigenvalue weighted by Gasteiger charge is -2.24. The molecule has 3 rings (SSSR count). The largest absolute Gasteiger partial charge is 0.508 e. The summed E-state index contributed by atoms with van der Waals surface area (Å²) in [7, 11) is 2.00. The van der Waals surface area contributed by atoms with Gasteiger partial charge in [0.15, 0.2) is 5.78 Å². The van der Waals surface area contributed by atoms with Crippen LogP contribution in [0.1, 0.15) is 34.3 Å². The van der Waals surface area contributed by atoms with Crippen molar-refractivity contribution in [1.29, 1.82) is 0 Å². The number of carbonyl (C=O) groups is 1. The minimum absolute atomic E-state index is 0.194. The standard InChI is InChI=1S/C18H19NO2/c1-19(13-6-3-2-4-7-13)12-16-14-8-5-9-17(20)15(14)10-11-18(16)21/h2-4,6-7,10-11,21H,5,8-9,12H2,1H3. The Morgan fingerprint density at radius 1 is 1.10 bits per heavy atom. The number of anilines is 1. The summed E-state index contributed by atoms with van der Waals surface area (Å²) in [6.45, 7) is 0.603. The molecule has 2 aromatic rings. The number of para-hydroxylation sites is 1. The Hall–Kier alpha value is -2.29. The van der Waals surface area contributed by atoms with Crippen LogP contribution in [0.2, 0.25) is 0 Å². The molecule has 0 aliphatic heterocycles. The van der Waals surface area contributed by atoms with Crippen LogP contribution in [0.5, 0.6) is 5.75 Å². The SMILES string of the molecule is CN(Cc1c(O)ccc2c1CCCC2=O)c1ccccc1. The number of carbonyl (C=O) groups excluding carboxylic acids is 1. The van der Waals surface area contributed by atoms with Gasteiger partial charge in [0.2, 0.25) is 0 Å². The highest BCUT2D eigenvalue weighted by Crippen LogP contribution is 2.32. The molecule has 21 heavy (non-hydrogen) atoms. The van der Waals surface area contributed by atoms with Gasteiger partial charge in [0.05, 0.1) is 0 Å². The number of rotatable bonds is 3. The van der Waals surface area contributed by atoms with E-state index in [0.717, 1.165) is 35.2 Å². The minimum Gasteiger partial charge on any atom is -0.508 e. The van der Waals surface area contributed by atoms with E-state index in [0.29, 0.717) is 13.0 Å². The summed E-state index contributed by atoms with van der Waals surface area (Å²) in [6, 6.07) is 13.5. The predicted octanol–water partition coefficient (Wildman–Crippen LogP) is 3.55. The lowest BCUT2D eigenvalue weighted by Crippen LogP contribution is -2.20. The van der Waals surface area contributed by atoms with Gasteiger partial charge in [0.1, 0.15) is 5.75 Å². The zero-order chi connectivity index (χ0) is 14.8. The van der Waals surface area contributed by atoms with E-state index >= 15 is 0 Å². The van der Waals surface area contributed by atoms with Crippen LogP contribution in [0.25, 0.3) is 0 Å². The molecule has 0 unspecified atom stereocenters. The molecule has 0 aromatic heterocycles. The third kappa shape index (κ3) is 2.64. The lowest BCUT2D eigenvalue weighted by atomic mass is 9.86. The van der Waals surface area contributed by atoms with Crippen molar-refractivity contribution in [3.05, 3.63) is 59.2 Å². The first kappa shape index (κ1) is 13.7. The molecule has 108 valence electrons. The number of hydrogen-bond acceptors (Lipinski definition) is 3. The Labute approximate surface area is 124 Å². The van der Waals surface area contributed by atoms with Gasteiger partial charge in [-0.1, -0.05) is 18.2 Å². The monoisotopic (exact) mass is 281 g/mol. The summed E-state index contributed by atoms with van der Waals surface area (Å²) in [4.78, 5) is 14.1. The molecule has 0 radical (unpaired) electrons. The van der Waals surface area contributed by atoms with Gasteiger partial charge in [-0.25, -0.2) is 0 Å². The van der Waals surface area contributed by atoms with Crippen molar-refractivity contribution in [3.63, 3.8) is 0 Å². The Bertz CT molecular complexity index is 664. The number of benzene rings is 2. The summed E-state index contributed by atoms with van der Waals surface area (Å²) < 4.78 is 0. The molecule has 1 aliphatic rings. The van der Waals surface area contributed by atoms with E-state index in [4.69, 9.17) is 0 Å². The molecule has 3 nitrogen and oxygen atoms in total. The second-order valence-corrected chi connectivity index (χ2v) is 5.56. The van der Waals surface area contributed by atoms with Gasteiger partial charge in [-0.2, -0.15) is 0 Å². The van der Waals surface area contributed by atoms with E-state index in [9.17, 15) is 9.90 Å². The molecule has 3 heteroatoms. The van der Waals surface area contributed by atoms with Crippen molar-refractivity contribution in [2.24, 2.45) is 0 Å². The highest BCUT2D eigenvalue weighted by Gasteiger charge is 2.22. The van der Waals surface area contributed by atoms with Gasteiger partial charge in [-0.3, -0.25) is 4.79 Å². The Kier molecular flexibility index (Phi) is 3.65. The number of nitrogens with zero attached hydrogens (tertiary/aromatic N) is 1. The van der Waals surface area contributed by atoms with Gasteiger partial charge in [-0.15, -0.1) is 0 Å². The maximum absolute atomic E-state index is 12.0. The quantitative estimate of drug-likeness (QED) is 0.935. The maximum Gasteiger partial charge on any atom is 0.163 e.